The summed E-state index contributed by atoms with van der Waals surface area (Å²) in [7, 11) is 0. The topological polar surface area (TPSA) is 16.4 Å². The van der Waals surface area contributed by atoms with Crippen molar-refractivity contribution >= 4 is 11.0 Å². The lowest BCUT2D eigenvalue weighted by Crippen LogP contribution is -2.38. The molecule has 0 amide bonds. The summed E-state index contributed by atoms with van der Waals surface area (Å²) < 4.78 is 46.5. The Bertz CT molecular complexity index is 916. The molecule has 3 aromatic rings. The van der Waals surface area contributed by atoms with Gasteiger partial charge in [-0.25, -0.2) is 0 Å². The van der Waals surface area contributed by atoms with Crippen molar-refractivity contribution in [3.63, 3.8) is 0 Å². The summed E-state index contributed by atoms with van der Waals surface area (Å²) in [6.45, 7) is 4.42. The number of fused-ring (bicyclic) bond motifs is 1. The lowest BCUT2D eigenvalue weighted by molar-refractivity contribution is -0.138. The number of likely N-dealkylation sites (tertiary alicyclic amines) is 1. The molecule has 0 saturated carbocycles. The molecule has 0 aliphatic carbocycles. The Kier molecular flexibility index (Phi) is 4.72. The van der Waals surface area contributed by atoms with E-state index in [0.29, 0.717) is 17.6 Å². The van der Waals surface area contributed by atoms with Gasteiger partial charge in [-0.15, -0.1) is 0 Å². The van der Waals surface area contributed by atoms with Gasteiger partial charge < -0.3 is 4.42 Å². The van der Waals surface area contributed by atoms with E-state index in [1.165, 1.54) is 24.0 Å². The molecular formula is C22H22F3NO. The van der Waals surface area contributed by atoms with Crippen molar-refractivity contribution in [2.75, 3.05) is 13.1 Å². The Morgan fingerprint density at radius 3 is 2.56 bits per heavy atom. The van der Waals surface area contributed by atoms with Crippen LogP contribution in [0.2, 0.25) is 0 Å². The van der Waals surface area contributed by atoms with Crippen molar-refractivity contribution < 1.29 is 17.6 Å². The molecule has 0 spiro atoms. The van der Waals surface area contributed by atoms with Crippen LogP contribution in [0.15, 0.2) is 59.2 Å². The summed E-state index contributed by atoms with van der Waals surface area (Å²) in [6, 6.07) is 14.6. The standard InChI is InChI=1S/C22H22F3NO/c1-15-13-26(14-16-5-3-2-4-6-16)11-9-18(15)20-19(22(23,24)25)8-7-17-10-12-27-21(17)20/h2-8,10,12,15,18H,9,11,13-14H2,1H3. The highest BCUT2D eigenvalue weighted by molar-refractivity contribution is 5.82. The number of nitrogens with zero attached hydrogens (tertiary/aromatic N) is 1. The normalized spacial score (nSPS) is 21.6. The first-order valence-electron chi connectivity index (χ1n) is 9.27. The number of halogens is 3. The summed E-state index contributed by atoms with van der Waals surface area (Å²) in [5.74, 6) is -0.0530. The molecule has 2 heterocycles. The van der Waals surface area contributed by atoms with Crippen molar-refractivity contribution in [3.05, 3.63) is 71.5 Å². The zero-order valence-corrected chi connectivity index (χ0v) is 15.2. The smallest absolute Gasteiger partial charge is 0.416 e. The van der Waals surface area contributed by atoms with Crippen molar-refractivity contribution in [1.29, 1.82) is 0 Å². The maximum Gasteiger partial charge on any atom is 0.416 e. The number of hydrogen-bond donors (Lipinski definition) is 0. The SMILES string of the molecule is CC1CN(Cc2ccccc2)CCC1c1c(C(F)(F)F)ccc2ccoc12. The third-order valence-corrected chi connectivity index (χ3v) is 5.57. The van der Waals surface area contributed by atoms with E-state index < -0.39 is 11.7 Å². The van der Waals surface area contributed by atoms with Gasteiger partial charge in [0.2, 0.25) is 0 Å². The second-order valence-electron chi connectivity index (χ2n) is 7.46. The van der Waals surface area contributed by atoms with E-state index in [1.807, 2.05) is 25.1 Å². The Morgan fingerprint density at radius 1 is 1.07 bits per heavy atom. The van der Waals surface area contributed by atoms with E-state index >= 15 is 0 Å². The van der Waals surface area contributed by atoms with Crippen LogP contribution < -0.4 is 0 Å². The van der Waals surface area contributed by atoms with Crippen LogP contribution in [0.5, 0.6) is 0 Å². The monoisotopic (exact) mass is 373 g/mol. The zero-order valence-electron chi connectivity index (χ0n) is 15.2. The van der Waals surface area contributed by atoms with Crippen LogP contribution in [-0.4, -0.2) is 18.0 Å². The van der Waals surface area contributed by atoms with Gasteiger partial charge >= 0.3 is 6.18 Å². The quantitative estimate of drug-likeness (QED) is 0.553. The summed E-state index contributed by atoms with van der Waals surface area (Å²) in [5.41, 5.74) is 1.39. The molecule has 2 nitrogen and oxygen atoms in total. The first-order valence-corrected chi connectivity index (χ1v) is 9.27. The predicted octanol–water partition coefficient (Wildman–Crippen LogP) is 6.08. The van der Waals surface area contributed by atoms with Gasteiger partial charge in [-0.2, -0.15) is 13.2 Å². The largest absolute Gasteiger partial charge is 0.464 e. The number of alkyl halides is 3. The highest BCUT2D eigenvalue weighted by atomic mass is 19.4. The first-order chi connectivity index (χ1) is 12.9. The fourth-order valence-electron chi connectivity index (χ4n) is 4.32. The predicted molar refractivity (Wildman–Crippen MR) is 99.5 cm³/mol. The summed E-state index contributed by atoms with van der Waals surface area (Å²) in [6.07, 6.45) is -2.21. The van der Waals surface area contributed by atoms with Gasteiger partial charge in [-0.3, -0.25) is 4.90 Å². The third-order valence-electron chi connectivity index (χ3n) is 5.57. The maximum atomic E-state index is 13.7. The number of piperidine rings is 1. The minimum absolute atomic E-state index is 0.110. The Hall–Kier alpha value is -2.27. The molecule has 142 valence electrons. The maximum absolute atomic E-state index is 13.7. The van der Waals surface area contributed by atoms with E-state index in [2.05, 4.69) is 17.0 Å². The second kappa shape index (κ2) is 7.04. The molecule has 1 aliphatic rings. The number of benzene rings is 2. The van der Waals surface area contributed by atoms with Gasteiger partial charge in [0.05, 0.1) is 11.8 Å². The van der Waals surface area contributed by atoms with Gasteiger partial charge in [0.15, 0.2) is 0 Å². The van der Waals surface area contributed by atoms with E-state index in [0.717, 1.165) is 25.0 Å². The molecule has 2 atom stereocenters. The lowest BCUT2D eigenvalue weighted by atomic mass is 9.78. The molecule has 2 unspecified atom stereocenters. The molecule has 0 bridgehead atoms. The van der Waals surface area contributed by atoms with Gasteiger partial charge in [-0.1, -0.05) is 43.3 Å². The molecule has 0 N–H and O–H groups in total. The highest BCUT2D eigenvalue weighted by Gasteiger charge is 2.39. The lowest BCUT2D eigenvalue weighted by Gasteiger charge is -2.38. The molecule has 4 rings (SSSR count). The van der Waals surface area contributed by atoms with Crippen LogP contribution in [0.1, 0.15) is 36.0 Å². The van der Waals surface area contributed by atoms with E-state index in [1.54, 1.807) is 6.07 Å². The molecule has 27 heavy (non-hydrogen) atoms. The minimum atomic E-state index is -4.38. The van der Waals surface area contributed by atoms with Gasteiger partial charge in [0, 0.05) is 24.0 Å². The van der Waals surface area contributed by atoms with Crippen LogP contribution in [0.4, 0.5) is 13.2 Å². The zero-order chi connectivity index (χ0) is 19.0. The average molecular weight is 373 g/mol. The van der Waals surface area contributed by atoms with Crippen LogP contribution in [0.25, 0.3) is 11.0 Å². The number of hydrogen-bond acceptors (Lipinski definition) is 2. The average Bonchev–Trinajstić information content (AvgIpc) is 3.10. The van der Waals surface area contributed by atoms with E-state index in [4.69, 9.17) is 4.42 Å². The first kappa shape index (κ1) is 18.1. The van der Waals surface area contributed by atoms with Gasteiger partial charge in [0.1, 0.15) is 5.58 Å². The van der Waals surface area contributed by atoms with Crippen LogP contribution in [0.3, 0.4) is 0 Å². The van der Waals surface area contributed by atoms with Crippen molar-refractivity contribution in [1.82, 2.24) is 4.90 Å². The molecular weight excluding hydrogens is 351 g/mol. The molecule has 1 aliphatic heterocycles. The Balaban J connectivity index is 1.62. The number of rotatable bonds is 3. The highest BCUT2D eigenvalue weighted by Crippen LogP contribution is 2.44. The van der Waals surface area contributed by atoms with Crippen LogP contribution in [0, 0.1) is 5.92 Å². The van der Waals surface area contributed by atoms with Gasteiger partial charge in [0.25, 0.3) is 0 Å². The fourth-order valence-corrected chi connectivity index (χ4v) is 4.32. The van der Waals surface area contributed by atoms with Crippen LogP contribution >= 0.6 is 0 Å². The molecule has 0 radical (unpaired) electrons. The van der Waals surface area contributed by atoms with Crippen molar-refractivity contribution in [3.8, 4) is 0 Å². The molecule has 5 heteroatoms. The summed E-state index contributed by atoms with van der Waals surface area (Å²) in [5, 5.41) is 0.733. The van der Waals surface area contributed by atoms with Gasteiger partial charge in [-0.05, 0) is 42.5 Å². The summed E-state index contributed by atoms with van der Waals surface area (Å²) >= 11 is 0. The molecule has 2 aromatic carbocycles. The number of furan rings is 1. The summed E-state index contributed by atoms with van der Waals surface area (Å²) in [4.78, 5) is 2.33. The third kappa shape index (κ3) is 3.61. The second-order valence-corrected chi connectivity index (χ2v) is 7.46. The van der Waals surface area contributed by atoms with Crippen molar-refractivity contribution in [2.24, 2.45) is 5.92 Å². The van der Waals surface area contributed by atoms with Crippen LogP contribution in [-0.2, 0) is 12.7 Å². The minimum Gasteiger partial charge on any atom is -0.464 e. The van der Waals surface area contributed by atoms with Crippen molar-refractivity contribution in [2.45, 2.75) is 32.0 Å². The molecule has 1 saturated heterocycles. The Morgan fingerprint density at radius 2 is 1.85 bits per heavy atom. The fraction of sp³-hybridized carbons (Fsp3) is 0.364. The van der Waals surface area contributed by atoms with E-state index in [9.17, 15) is 13.2 Å². The van der Waals surface area contributed by atoms with E-state index in [-0.39, 0.29) is 11.8 Å². The molecule has 1 aromatic heterocycles. The molecule has 1 fully saturated rings. The Labute approximate surface area is 156 Å².